The number of hydrogen-bond acceptors (Lipinski definition) is 4. The number of oxime groups is 1. The molecule has 0 amide bonds. The average molecular weight is 216 g/mol. The van der Waals surface area contributed by atoms with Crippen LogP contribution in [0.2, 0.25) is 0 Å². The lowest BCUT2D eigenvalue weighted by Crippen LogP contribution is -2.25. The van der Waals surface area contributed by atoms with Gasteiger partial charge in [0.15, 0.2) is 0 Å². The molecule has 88 valence electrons. The Kier molecular flexibility index (Phi) is 4.35. The SMILES string of the molecule is COCC(C)OCC1(CC(N)=NO)CC1. The minimum atomic E-state index is 0.0970. The molecule has 15 heavy (non-hydrogen) atoms. The molecule has 0 heterocycles. The van der Waals surface area contributed by atoms with Crippen LogP contribution in [0.15, 0.2) is 5.16 Å². The molecule has 1 saturated carbocycles. The van der Waals surface area contributed by atoms with Crippen LogP contribution in [-0.2, 0) is 9.47 Å². The monoisotopic (exact) mass is 216 g/mol. The van der Waals surface area contributed by atoms with E-state index in [2.05, 4.69) is 5.16 Å². The Morgan fingerprint density at radius 1 is 1.60 bits per heavy atom. The van der Waals surface area contributed by atoms with E-state index >= 15 is 0 Å². The first kappa shape index (κ1) is 12.3. The van der Waals surface area contributed by atoms with Crippen molar-refractivity contribution in [1.29, 1.82) is 0 Å². The molecule has 0 aliphatic heterocycles. The maximum absolute atomic E-state index is 8.49. The summed E-state index contributed by atoms with van der Waals surface area (Å²) in [4.78, 5) is 0. The van der Waals surface area contributed by atoms with Crippen molar-refractivity contribution in [2.45, 2.75) is 32.3 Å². The number of amidine groups is 1. The van der Waals surface area contributed by atoms with Gasteiger partial charge in [0.1, 0.15) is 5.84 Å². The summed E-state index contributed by atoms with van der Waals surface area (Å²) in [7, 11) is 1.66. The molecule has 0 aromatic rings. The van der Waals surface area contributed by atoms with Crippen LogP contribution >= 0.6 is 0 Å². The molecule has 1 fully saturated rings. The summed E-state index contributed by atoms with van der Waals surface area (Å²) in [5.41, 5.74) is 5.59. The molecule has 1 unspecified atom stereocenters. The number of nitrogens with zero attached hydrogens (tertiary/aromatic N) is 1. The van der Waals surface area contributed by atoms with Crippen LogP contribution in [0.5, 0.6) is 0 Å². The van der Waals surface area contributed by atoms with E-state index < -0.39 is 0 Å². The predicted octanol–water partition coefficient (Wildman–Crippen LogP) is 0.955. The quantitative estimate of drug-likeness (QED) is 0.287. The zero-order valence-electron chi connectivity index (χ0n) is 9.40. The van der Waals surface area contributed by atoms with Crippen molar-refractivity contribution >= 4 is 5.84 Å². The summed E-state index contributed by atoms with van der Waals surface area (Å²) in [5.74, 6) is 0.287. The molecule has 0 radical (unpaired) electrons. The summed E-state index contributed by atoms with van der Waals surface area (Å²) in [5, 5.41) is 11.5. The van der Waals surface area contributed by atoms with Gasteiger partial charge >= 0.3 is 0 Å². The van der Waals surface area contributed by atoms with Gasteiger partial charge in [-0.1, -0.05) is 5.16 Å². The van der Waals surface area contributed by atoms with Crippen molar-refractivity contribution in [3.63, 3.8) is 0 Å². The largest absolute Gasteiger partial charge is 0.409 e. The molecule has 1 atom stereocenters. The third kappa shape index (κ3) is 4.05. The molecule has 1 aliphatic carbocycles. The molecule has 0 aromatic heterocycles. The van der Waals surface area contributed by atoms with Gasteiger partial charge in [-0.05, 0) is 19.8 Å². The minimum absolute atomic E-state index is 0.0970. The lowest BCUT2D eigenvalue weighted by molar-refractivity contribution is -0.0105. The minimum Gasteiger partial charge on any atom is -0.409 e. The highest BCUT2D eigenvalue weighted by atomic mass is 16.5. The summed E-state index contributed by atoms with van der Waals surface area (Å²) in [6.07, 6.45) is 2.88. The van der Waals surface area contributed by atoms with Gasteiger partial charge < -0.3 is 20.4 Å². The fourth-order valence-corrected chi connectivity index (χ4v) is 1.57. The first-order valence-electron chi connectivity index (χ1n) is 5.19. The van der Waals surface area contributed by atoms with Crippen LogP contribution in [0, 0.1) is 5.41 Å². The van der Waals surface area contributed by atoms with Gasteiger partial charge in [0, 0.05) is 18.9 Å². The summed E-state index contributed by atoms with van der Waals surface area (Å²) < 4.78 is 10.6. The van der Waals surface area contributed by atoms with Crippen molar-refractivity contribution in [2.24, 2.45) is 16.3 Å². The lowest BCUT2D eigenvalue weighted by atomic mass is 10.0. The van der Waals surface area contributed by atoms with Gasteiger partial charge in [-0.2, -0.15) is 0 Å². The first-order chi connectivity index (χ1) is 7.12. The maximum atomic E-state index is 8.49. The molecular formula is C10H20N2O3. The van der Waals surface area contributed by atoms with Gasteiger partial charge in [0.2, 0.25) is 0 Å². The van der Waals surface area contributed by atoms with Gasteiger partial charge in [-0.15, -0.1) is 0 Å². The van der Waals surface area contributed by atoms with E-state index in [0.717, 1.165) is 12.8 Å². The summed E-state index contributed by atoms with van der Waals surface area (Å²) in [6, 6.07) is 0. The number of nitrogens with two attached hydrogens (primary N) is 1. The molecule has 0 bridgehead atoms. The number of ether oxygens (including phenoxy) is 2. The van der Waals surface area contributed by atoms with Gasteiger partial charge in [-0.25, -0.2) is 0 Å². The van der Waals surface area contributed by atoms with Gasteiger partial charge in [0.05, 0.1) is 19.3 Å². The highest BCUT2D eigenvalue weighted by molar-refractivity contribution is 5.80. The normalized spacial score (nSPS) is 21.3. The zero-order valence-corrected chi connectivity index (χ0v) is 9.40. The van der Waals surface area contributed by atoms with Crippen molar-refractivity contribution in [3.8, 4) is 0 Å². The molecular weight excluding hydrogens is 196 g/mol. The Balaban J connectivity index is 2.25. The standard InChI is InChI=1S/C10H20N2O3/c1-8(6-14-2)15-7-10(3-4-10)5-9(11)12-13/h8,13H,3-7H2,1-2H3,(H2,11,12). The molecule has 5 heteroatoms. The van der Waals surface area contributed by atoms with Gasteiger partial charge in [0.25, 0.3) is 0 Å². The number of methoxy groups -OCH3 is 1. The topological polar surface area (TPSA) is 77.1 Å². The molecule has 0 spiro atoms. The van der Waals surface area contributed by atoms with E-state index in [1.807, 2.05) is 6.92 Å². The third-order valence-corrected chi connectivity index (χ3v) is 2.72. The summed E-state index contributed by atoms with van der Waals surface area (Å²) >= 11 is 0. The van der Waals surface area contributed by atoms with E-state index in [1.165, 1.54) is 0 Å². The Bertz CT molecular complexity index is 227. The van der Waals surface area contributed by atoms with Crippen LogP contribution in [-0.4, -0.2) is 37.5 Å². The fourth-order valence-electron chi connectivity index (χ4n) is 1.57. The maximum Gasteiger partial charge on any atom is 0.139 e. The smallest absolute Gasteiger partial charge is 0.139 e. The third-order valence-electron chi connectivity index (χ3n) is 2.72. The first-order valence-corrected chi connectivity index (χ1v) is 5.19. The average Bonchev–Trinajstić information content (AvgIpc) is 2.96. The van der Waals surface area contributed by atoms with Crippen molar-refractivity contribution in [2.75, 3.05) is 20.3 Å². The Hall–Kier alpha value is -0.810. The second kappa shape index (κ2) is 5.32. The number of rotatable bonds is 7. The molecule has 5 nitrogen and oxygen atoms in total. The van der Waals surface area contributed by atoms with E-state index in [-0.39, 0.29) is 17.4 Å². The highest BCUT2D eigenvalue weighted by Gasteiger charge is 2.43. The Morgan fingerprint density at radius 2 is 2.27 bits per heavy atom. The van der Waals surface area contributed by atoms with Crippen molar-refractivity contribution in [3.05, 3.63) is 0 Å². The van der Waals surface area contributed by atoms with Crippen molar-refractivity contribution in [1.82, 2.24) is 0 Å². The molecule has 1 rings (SSSR count). The Labute approximate surface area is 90.2 Å². The highest BCUT2D eigenvalue weighted by Crippen LogP contribution is 2.49. The van der Waals surface area contributed by atoms with Crippen LogP contribution in [0.1, 0.15) is 26.2 Å². The second-order valence-electron chi connectivity index (χ2n) is 4.35. The van der Waals surface area contributed by atoms with Crippen LogP contribution < -0.4 is 5.73 Å². The van der Waals surface area contributed by atoms with Crippen molar-refractivity contribution < 1.29 is 14.7 Å². The predicted molar refractivity (Wildman–Crippen MR) is 57.0 cm³/mol. The Morgan fingerprint density at radius 3 is 2.73 bits per heavy atom. The van der Waals surface area contributed by atoms with Crippen LogP contribution in [0.4, 0.5) is 0 Å². The zero-order chi connectivity index (χ0) is 11.3. The lowest BCUT2D eigenvalue weighted by Gasteiger charge is -2.18. The van der Waals surface area contributed by atoms with E-state index in [4.69, 9.17) is 20.4 Å². The van der Waals surface area contributed by atoms with E-state index in [1.54, 1.807) is 7.11 Å². The molecule has 3 N–H and O–H groups in total. The summed E-state index contributed by atoms with van der Waals surface area (Å²) in [6.45, 7) is 3.23. The fraction of sp³-hybridized carbons (Fsp3) is 0.900. The molecule has 1 aliphatic rings. The molecule has 0 aromatic carbocycles. The van der Waals surface area contributed by atoms with E-state index in [9.17, 15) is 0 Å². The molecule has 0 saturated heterocycles. The van der Waals surface area contributed by atoms with Crippen LogP contribution in [0.3, 0.4) is 0 Å². The van der Waals surface area contributed by atoms with E-state index in [0.29, 0.717) is 19.6 Å². The van der Waals surface area contributed by atoms with Gasteiger partial charge in [-0.3, -0.25) is 0 Å². The number of hydrogen-bond donors (Lipinski definition) is 2. The second-order valence-corrected chi connectivity index (χ2v) is 4.35. The van der Waals surface area contributed by atoms with Crippen LogP contribution in [0.25, 0.3) is 0 Å².